The van der Waals surface area contributed by atoms with Gasteiger partial charge in [-0.05, 0) is 42.8 Å². The third-order valence-corrected chi connectivity index (χ3v) is 4.81. The summed E-state index contributed by atoms with van der Waals surface area (Å²) in [6.07, 6.45) is 1.15. The van der Waals surface area contributed by atoms with E-state index in [0.717, 1.165) is 11.8 Å². The Labute approximate surface area is 147 Å². The van der Waals surface area contributed by atoms with Gasteiger partial charge in [-0.3, -0.25) is 9.10 Å². The van der Waals surface area contributed by atoms with Gasteiger partial charge < -0.3 is 5.32 Å². The molecule has 1 N–H and O–H groups in total. The van der Waals surface area contributed by atoms with Crippen molar-refractivity contribution in [3.8, 4) is 0 Å². The number of sulfonamides is 1. The Hall–Kier alpha value is -2.05. The Balaban J connectivity index is 2.05. The molecule has 0 aliphatic rings. The lowest BCUT2D eigenvalue weighted by molar-refractivity contribution is 0.0955. The molecule has 7 heteroatoms. The van der Waals surface area contributed by atoms with E-state index in [0.29, 0.717) is 16.3 Å². The summed E-state index contributed by atoms with van der Waals surface area (Å²) >= 11 is 5.86. The Morgan fingerprint density at radius 1 is 1.17 bits per heavy atom. The van der Waals surface area contributed by atoms with Crippen molar-refractivity contribution < 1.29 is 13.2 Å². The molecule has 0 fully saturated rings. The summed E-state index contributed by atoms with van der Waals surface area (Å²) in [5.74, 6) is -0.296. The number of carbonyl (C=O) groups is 1. The maximum Gasteiger partial charge on any atom is 0.251 e. The van der Waals surface area contributed by atoms with Crippen LogP contribution in [0.4, 0.5) is 5.69 Å². The molecule has 1 amide bonds. The number of amides is 1. The summed E-state index contributed by atoms with van der Waals surface area (Å²) < 4.78 is 25.3. The SMILES string of the molecule is Cc1cccc(N(CCNC(=O)c2cccc(Cl)c2)S(C)(=O)=O)c1. The number of anilines is 1. The van der Waals surface area contributed by atoms with Crippen LogP contribution >= 0.6 is 11.6 Å². The Bertz CT molecular complexity index is 837. The number of nitrogens with zero attached hydrogens (tertiary/aromatic N) is 1. The van der Waals surface area contributed by atoms with E-state index in [2.05, 4.69) is 5.32 Å². The van der Waals surface area contributed by atoms with Crippen LogP contribution in [-0.4, -0.2) is 33.7 Å². The first-order chi connectivity index (χ1) is 11.3. The van der Waals surface area contributed by atoms with Crippen LogP contribution in [0, 0.1) is 6.92 Å². The van der Waals surface area contributed by atoms with Crippen LogP contribution in [0.25, 0.3) is 0 Å². The molecule has 0 saturated carbocycles. The van der Waals surface area contributed by atoms with Crippen LogP contribution in [0.1, 0.15) is 15.9 Å². The minimum absolute atomic E-state index is 0.147. The molecular weight excluding hydrogens is 348 g/mol. The molecule has 0 saturated heterocycles. The number of carbonyl (C=O) groups excluding carboxylic acids is 1. The number of hydrogen-bond acceptors (Lipinski definition) is 3. The number of nitrogens with one attached hydrogen (secondary N) is 1. The van der Waals surface area contributed by atoms with Crippen LogP contribution in [0.15, 0.2) is 48.5 Å². The first-order valence-electron chi connectivity index (χ1n) is 7.35. The molecule has 5 nitrogen and oxygen atoms in total. The standard InChI is InChI=1S/C17H19ClN2O3S/c1-13-5-3-8-16(11-13)20(24(2,22)23)10-9-19-17(21)14-6-4-7-15(18)12-14/h3-8,11-12H,9-10H2,1-2H3,(H,19,21). The molecule has 0 aromatic heterocycles. The van der Waals surface area contributed by atoms with E-state index < -0.39 is 10.0 Å². The fourth-order valence-corrected chi connectivity index (χ4v) is 3.38. The molecule has 0 unspecified atom stereocenters. The van der Waals surface area contributed by atoms with Crippen molar-refractivity contribution in [3.05, 3.63) is 64.7 Å². The predicted octanol–water partition coefficient (Wildman–Crippen LogP) is 2.84. The lowest BCUT2D eigenvalue weighted by Gasteiger charge is -2.23. The first kappa shape index (κ1) is 18.3. The second kappa shape index (κ2) is 7.68. The average molecular weight is 367 g/mol. The second-order valence-electron chi connectivity index (χ2n) is 5.44. The Morgan fingerprint density at radius 3 is 2.50 bits per heavy atom. The van der Waals surface area contributed by atoms with E-state index in [1.165, 1.54) is 4.31 Å². The highest BCUT2D eigenvalue weighted by atomic mass is 35.5. The van der Waals surface area contributed by atoms with Gasteiger partial charge in [-0.2, -0.15) is 0 Å². The monoisotopic (exact) mass is 366 g/mol. The normalized spacial score (nSPS) is 11.1. The van der Waals surface area contributed by atoms with Crippen LogP contribution in [-0.2, 0) is 10.0 Å². The lowest BCUT2D eigenvalue weighted by atomic mass is 10.2. The van der Waals surface area contributed by atoms with Gasteiger partial charge in [0.25, 0.3) is 5.91 Å². The van der Waals surface area contributed by atoms with Crippen LogP contribution in [0.5, 0.6) is 0 Å². The molecule has 0 spiro atoms. The highest BCUT2D eigenvalue weighted by Gasteiger charge is 2.17. The summed E-state index contributed by atoms with van der Waals surface area (Å²) in [6, 6.07) is 13.8. The van der Waals surface area contributed by atoms with Crippen molar-refractivity contribution in [2.75, 3.05) is 23.7 Å². The molecule has 0 atom stereocenters. The number of aryl methyl sites for hydroxylation is 1. The minimum Gasteiger partial charge on any atom is -0.350 e. The van der Waals surface area contributed by atoms with Gasteiger partial charge >= 0.3 is 0 Å². The fourth-order valence-electron chi connectivity index (χ4n) is 2.27. The van der Waals surface area contributed by atoms with Crippen molar-refractivity contribution in [2.24, 2.45) is 0 Å². The van der Waals surface area contributed by atoms with Gasteiger partial charge in [-0.15, -0.1) is 0 Å². The highest BCUT2D eigenvalue weighted by molar-refractivity contribution is 7.92. The van der Waals surface area contributed by atoms with Gasteiger partial charge in [0.05, 0.1) is 18.5 Å². The zero-order valence-electron chi connectivity index (χ0n) is 13.5. The zero-order valence-corrected chi connectivity index (χ0v) is 15.1. The molecule has 2 aromatic carbocycles. The first-order valence-corrected chi connectivity index (χ1v) is 9.58. The number of benzene rings is 2. The highest BCUT2D eigenvalue weighted by Crippen LogP contribution is 2.18. The molecule has 2 aromatic rings. The third-order valence-electron chi connectivity index (χ3n) is 3.38. The quantitative estimate of drug-likeness (QED) is 0.854. The van der Waals surface area contributed by atoms with Gasteiger partial charge in [0.1, 0.15) is 0 Å². The molecular formula is C17H19ClN2O3S. The molecule has 0 aliphatic carbocycles. The van der Waals surface area contributed by atoms with Crippen LogP contribution in [0.2, 0.25) is 5.02 Å². The summed E-state index contributed by atoms with van der Waals surface area (Å²) in [5, 5.41) is 3.18. The van der Waals surface area contributed by atoms with Crippen LogP contribution < -0.4 is 9.62 Å². The van der Waals surface area contributed by atoms with Gasteiger partial charge in [-0.25, -0.2) is 8.42 Å². The van der Waals surface area contributed by atoms with E-state index in [9.17, 15) is 13.2 Å². The van der Waals surface area contributed by atoms with Crippen LogP contribution in [0.3, 0.4) is 0 Å². The van der Waals surface area contributed by atoms with E-state index in [-0.39, 0.29) is 19.0 Å². The summed E-state index contributed by atoms with van der Waals surface area (Å²) in [6.45, 7) is 2.23. The number of halogens is 1. The van der Waals surface area contributed by atoms with Crippen molar-refractivity contribution in [3.63, 3.8) is 0 Å². The summed E-state index contributed by atoms with van der Waals surface area (Å²) in [4.78, 5) is 12.1. The Kier molecular flexibility index (Phi) is 5.85. The number of rotatable bonds is 6. The van der Waals surface area contributed by atoms with Gasteiger partial charge in [-0.1, -0.05) is 29.8 Å². The number of hydrogen-bond donors (Lipinski definition) is 1. The molecule has 2 rings (SSSR count). The van der Waals surface area contributed by atoms with Crippen molar-refractivity contribution >= 4 is 33.2 Å². The maximum absolute atomic E-state index is 12.1. The van der Waals surface area contributed by atoms with E-state index in [1.54, 1.807) is 42.5 Å². The molecule has 0 heterocycles. The van der Waals surface area contributed by atoms with Gasteiger partial charge in [0, 0.05) is 17.1 Å². The van der Waals surface area contributed by atoms with Gasteiger partial charge in [0.2, 0.25) is 10.0 Å². The van der Waals surface area contributed by atoms with Gasteiger partial charge in [0.15, 0.2) is 0 Å². The molecule has 0 radical (unpaired) electrons. The van der Waals surface area contributed by atoms with Crippen molar-refractivity contribution in [1.82, 2.24) is 5.32 Å². The maximum atomic E-state index is 12.1. The molecule has 24 heavy (non-hydrogen) atoms. The van der Waals surface area contributed by atoms with Crippen molar-refractivity contribution in [1.29, 1.82) is 0 Å². The summed E-state index contributed by atoms with van der Waals surface area (Å²) in [7, 11) is -3.44. The average Bonchev–Trinajstić information content (AvgIpc) is 2.50. The zero-order chi connectivity index (χ0) is 17.7. The topological polar surface area (TPSA) is 66.5 Å². The predicted molar refractivity (Wildman–Crippen MR) is 97.2 cm³/mol. The molecule has 0 bridgehead atoms. The lowest BCUT2D eigenvalue weighted by Crippen LogP contribution is -2.38. The summed E-state index contributed by atoms with van der Waals surface area (Å²) in [5.41, 5.74) is 1.97. The van der Waals surface area contributed by atoms with Crippen molar-refractivity contribution in [2.45, 2.75) is 6.92 Å². The molecule has 0 aliphatic heterocycles. The van der Waals surface area contributed by atoms with E-state index >= 15 is 0 Å². The van der Waals surface area contributed by atoms with E-state index in [4.69, 9.17) is 11.6 Å². The fraction of sp³-hybridized carbons (Fsp3) is 0.235. The minimum atomic E-state index is -3.44. The Morgan fingerprint density at radius 2 is 1.88 bits per heavy atom. The second-order valence-corrected chi connectivity index (χ2v) is 7.78. The largest absolute Gasteiger partial charge is 0.350 e. The third kappa shape index (κ3) is 4.97. The smallest absolute Gasteiger partial charge is 0.251 e. The molecule has 128 valence electrons. The van der Waals surface area contributed by atoms with E-state index in [1.807, 2.05) is 13.0 Å².